The quantitative estimate of drug-likeness (QED) is 0.574. The zero-order chi connectivity index (χ0) is 13.5. The third kappa shape index (κ3) is 3.41. The molecule has 0 aliphatic rings. The Morgan fingerprint density at radius 2 is 2.39 bits per heavy atom. The van der Waals surface area contributed by atoms with E-state index in [4.69, 9.17) is 15.1 Å². The maximum atomic E-state index is 10.8. The van der Waals surface area contributed by atoms with Crippen molar-refractivity contribution in [2.24, 2.45) is 0 Å². The van der Waals surface area contributed by atoms with Crippen LogP contribution in [0.2, 0.25) is 0 Å². The minimum absolute atomic E-state index is 0.149. The third-order valence-electron chi connectivity index (χ3n) is 2.27. The van der Waals surface area contributed by atoms with E-state index in [0.29, 0.717) is 5.56 Å². The van der Waals surface area contributed by atoms with E-state index in [2.05, 4.69) is 5.32 Å². The van der Waals surface area contributed by atoms with Gasteiger partial charge in [-0.1, -0.05) is 0 Å². The highest BCUT2D eigenvalue weighted by Crippen LogP contribution is 2.25. The number of aliphatic hydroxyl groups is 1. The van der Waals surface area contributed by atoms with Crippen molar-refractivity contribution in [2.75, 3.05) is 25.6 Å². The number of benzene rings is 1. The molecule has 1 aromatic rings. The predicted octanol–water partition coefficient (Wildman–Crippen LogP) is 0.886. The van der Waals surface area contributed by atoms with Crippen molar-refractivity contribution in [2.45, 2.75) is 6.04 Å². The van der Waals surface area contributed by atoms with Gasteiger partial charge in [0, 0.05) is 13.2 Å². The second kappa shape index (κ2) is 6.54. The standard InChI is InChI=1S/C11H13N3O4/c1-18-7-9(6-15)13-10-4-8(5-12)2-3-11(10)14(16)17/h2-4,9,13,15H,6-7H2,1H3. The van der Waals surface area contributed by atoms with E-state index in [0.717, 1.165) is 0 Å². The number of methoxy groups -OCH3 is 1. The molecule has 0 heterocycles. The zero-order valence-electron chi connectivity index (χ0n) is 9.79. The topological polar surface area (TPSA) is 108 Å². The smallest absolute Gasteiger partial charge is 0.292 e. The second-order valence-corrected chi connectivity index (χ2v) is 3.58. The van der Waals surface area contributed by atoms with Crippen LogP contribution in [-0.2, 0) is 4.74 Å². The van der Waals surface area contributed by atoms with Gasteiger partial charge in [-0.2, -0.15) is 5.26 Å². The van der Waals surface area contributed by atoms with Gasteiger partial charge in [0.25, 0.3) is 5.69 Å². The van der Waals surface area contributed by atoms with Gasteiger partial charge < -0.3 is 15.2 Å². The molecular formula is C11H13N3O4. The fraction of sp³-hybridized carbons (Fsp3) is 0.364. The van der Waals surface area contributed by atoms with Crippen LogP contribution in [-0.4, -0.2) is 36.4 Å². The molecule has 0 bridgehead atoms. The van der Waals surface area contributed by atoms with Gasteiger partial charge in [0.05, 0.1) is 35.8 Å². The zero-order valence-corrected chi connectivity index (χ0v) is 9.79. The van der Waals surface area contributed by atoms with Crippen molar-refractivity contribution >= 4 is 11.4 Å². The number of aliphatic hydroxyl groups excluding tert-OH is 1. The number of anilines is 1. The molecule has 1 unspecified atom stereocenters. The summed E-state index contributed by atoms with van der Waals surface area (Å²) in [6, 6.07) is 5.42. The van der Waals surface area contributed by atoms with Crippen molar-refractivity contribution in [1.29, 1.82) is 5.26 Å². The van der Waals surface area contributed by atoms with Gasteiger partial charge in [-0.3, -0.25) is 10.1 Å². The largest absolute Gasteiger partial charge is 0.394 e. The Hall–Kier alpha value is -2.17. The molecule has 0 radical (unpaired) electrons. The molecule has 0 aliphatic heterocycles. The lowest BCUT2D eigenvalue weighted by molar-refractivity contribution is -0.384. The second-order valence-electron chi connectivity index (χ2n) is 3.58. The Morgan fingerprint density at radius 3 is 2.89 bits per heavy atom. The summed E-state index contributed by atoms with van der Waals surface area (Å²) < 4.78 is 4.87. The molecular weight excluding hydrogens is 238 g/mol. The molecule has 0 fully saturated rings. The lowest BCUT2D eigenvalue weighted by Gasteiger charge is -2.16. The Bertz CT molecular complexity index is 470. The summed E-state index contributed by atoms with van der Waals surface area (Å²) in [6.07, 6.45) is 0. The van der Waals surface area contributed by atoms with Gasteiger partial charge in [-0.05, 0) is 12.1 Å². The van der Waals surface area contributed by atoms with Gasteiger partial charge in [-0.25, -0.2) is 0 Å². The van der Waals surface area contributed by atoms with Gasteiger partial charge in [0.1, 0.15) is 5.69 Å². The first-order valence-corrected chi connectivity index (χ1v) is 5.17. The first-order valence-electron chi connectivity index (χ1n) is 5.17. The number of nitro groups is 1. The van der Waals surface area contributed by atoms with Gasteiger partial charge >= 0.3 is 0 Å². The van der Waals surface area contributed by atoms with Crippen LogP contribution in [0.3, 0.4) is 0 Å². The van der Waals surface area contributed by atoms with E-state index >= 15 is 0 Å². The molecule has 0 saturated heterocycles. The van der Waals surface area contributed by atoms with Crippen LogP contribution in [0.4, 0.5) is 11.4 Å². The lowest BCUT2D eigenvalue weighted by Crippen LogP contribution is -2.29. The molecule has 0 spiro atoms. The van der Waals surface area contributed by atoms with Crippen molar-refractivity contribution in [3.63, 3.8) is 0 Å². The minimum atomic E-state index is -0.551. The molecule has 0 saturated carbocycles. The number of nitrogens with zero attached hydrogens (tertiary/aromatic N) is 2. The summed E-state index contributed by atoms with van der Waals surface area (Å²) >= 11 is 0. The van der Waals surface area contributed by atoms with Crippen LogP contribution < -0.4 is 5.32 Å². The molecule has 96 valence electrons. The van der Waals surface area contributed by atoms with Gasteiger partial charge in [0.15, 0.2) is 0 Å². The van der Waals surface area contributed by atoms with Crippen molar-refractivity contribution in [3.8, 4) is 6.07 Å². The summed E-state index contributed by atoms with van der Waals surface area (Å²) in [5, 5.41) is 31.5. The van der Waals surface area contributed by atoms with Crippen molar-refractivity contribution in [3.05, 3.63) is 33.9 Å². The van der Waals surface area contributed by atoms with Crippen LogP contribution >= 0.6 is 0 Å². The molecule has 1 aromatic carbocycles. The third-order valence-corrected chi connectivity index (χ3v) is 2.27. The van der Waals surface area contributed by atoms with E-state index in [9.17, 15) is 10.1 Å². The van der Waals surface area contributed by atoms with Gasteiger partial charge in [0.2, 0.25) is 0 Å². The maximum Gasteiger partial charge on any atom is 0.292 e. The Morgan fingerprint density at radius 1 is 1.67 bits per heavy atom. The Balaban J connectivity index is 3.04. The molecule has 1 rings (SSSR count). The van der Waals surface area contributed by atoms with Crippen LogP contribution in [0.5, 0.6) is 0 Å². The fourth-order valence-corrected chi connectivity index (χ4v) is 1.44. The average molecular weight is 251 g/mol. The SMILES string of the molecule is COCC(CO)Nc1cc(C#N)ccc1[N+](=O)[O-]. The summed E-state index contributed by atoms with van der Waals surface area (Å²) in [4.78, 5) is 10.3. The Labute approximate surface area is 104 Å². The number of hydrogen-bond donors (Lipinski definition) is 2. The molecule has 7 heteroatoms. The monoisotopic (exact) mass is 251 g/mol. The summed E-state index contributed by atoms with van der Waals surface area (Å²) in [6.45, 7) is -0.0355. The van der Waals surface area contributed by atoms with E-state index in [1.807, 2.05) is 6.07 Å². The first-order chi connectivity index (χ1) is 8.62. The van der Waals surface area contributed by atoms with E-state index < -0.39 is 11.0 Å². The molecule has 7 nitrogen and oxygen atoms in total. The molecule has 1 atom stereocenters. The number of rotatable bonds is 6. The normalized spacial score (nSPS) is 11.6. The minimum Gasteiger partial charge on any atom is -0.394 e. The van der Waals surface area contributed by atoms with E-state index in [-0.39, 0.29) is 24.6 Å². The average Bonchev–Trinajstić information content (AvgIpc) is 2.37. The number of hydrogen-bond acceptors (Lipinski definition) is 6. The summed E-state index contributed by atoms with van der Waals surface area (Å²) in [7, 11) is 1.46. The molecule has 18 heavy (non-hydrogen) atoms. The van der Waals surface area contributed by atoms with Crippen molar-refractivity contribution in [1.82, 2.24) is 0 Å². The fourth-order valence-electron chi connectivity index (χ4n) is 1.44. The highest BCUT2D eigenvalue weighted by atomic mass is 16.6. The first kappa shape index (κ1) is 13.9. The molecule has 0 aromatic heterocycles. The number of nitrogens with one attached hydrogen (secondary N) is 1. The predicted molar refractivity (Wildman–Crippen MR) is 64.2 cm³/mol. The van der Waals surface area contributed by atoms with E-state index in [1.165, 1.54) is 25.3 Å². The maximum absolute atomic E-state index is 10.8. The summed E-state index contributed by atoms with van der Waals surface area (Å²) in [5.41, 5.74) is 0.343. The number of ether oxygens (including phenoxy) is 1. The highest BCUT2D eigenvalue weighted by Gasteiger charge is 2.17. The van der Waals surface area contributed by atoms with Crippen LogP contribution in [0, 0.1) is 21.4 Å². The number of nitro benzene ring substituents is 1. The van der Waals surface area contributed by atoms with Crippen LogP contribution in [0.15, 0.2) is 18.2 Å². The summed E-state index contributed by atoms with van der Waals surface area (Å²) in [5.74, 6) is 0. The molecule has 0 amide bonds. The van der Waals surface area contributed by atoms with Crippen LogP contribution in [0.1, 0.15) is 5.56 Å². The molecule has 0 aliphatic carbocycles. The lowest BCUT2D eigenvalue weighted by atomic mass is 10.1. The van der Waals surface area contributed by atoms with Crippen LogP contribution in [0.25, 0.3) is 0 Å². The van der Waals surface area contributed by atoms with Gasteiger partial charge in [-0.15, -0.1) is 0 Å². The Kier molecular flexibility index (Phi) is 5.05. The van der Waals surface area contributed by atoms with E-state index in [1.54, 1.807) is 0 Å². The highest BCUT2D eigenvalue weighted by molar-refractivity contribution is 5.64. The molecule has 2 N–H and O–H groups in total. The van der Waals surface area contributed by atoms with Crippen molar-refractivity contribution < 1.29 is 14.8 Å². The number of nitriles is 1.